The standard InChI is InChI=1S/C13H12N4O6S/c1-8-3-4-10(16(18)19)7-12(8)24(22,23)15-13-6-5-11(17(20)21)9(2)14-13/h3-7H,1-2H3,(H,14,15). The molecule has 0 saturated heterocycles. The van der Waals surface area contributed by atoms with Crippen LogP contribution in [0.25, 0.3) is 0 Å². The van der Waals surface area contributed by atoms with Gasteiger partial charge >= 0.3 is 0 Å². The molecule has 0 aliphatic heterocycles. The number of hydrogen-bond donors (Lipinski definition) is 1. The fourth-order valence-corrected chi connectivity index (χ4v) is 3.25. The van der Waals surface area contributed by atoms with Gasteiger partial charge in [-0.3, -0.25) is 25.0 Å². The minimum atomic E-state index is -4.14. The number of non-ortho nitro benzene ring substituents is 1. The number of aryl methyl sites for hydroxylation is 2. The molecule has 0 aliphatic carbocycles. The first-order chi connectivity index (χ1) is 11.1. The van der Waals surface area contributed by atoms with E-state index in [0.717, 1.165) is 18.2 Å². The maximum Gasteiger partial charge on any atom is 0.290 e. The largest absolute Gasteiger partial charge is 0.290 e. The molecule has 1 aromatic heterocycles. The number of hydrogen-bond acceptors (Lipinski definition) is 7. The Bertz CT molecular complexity index is 941. The lowest BCUT2D eigenvalue weighted by Gasteiger charge is -2.10. The van der Waals surface area contributed by atoms with E-state index >= 15 is 0 Å². The molecule has 11 heteroatoms. The van der Waals surface area contributed by atoms with E-state index in [1.54, 1.807) is 0 Å². The second kappa shape index (κ2) is 6.20. The molecule has 0 unspecified atom stereocenters. The molecular formula is C13H12N4O6S. The van der Waals surface area contributed by atoms with Crippen LogP contribution in [0.15, 0.2) is 35.2 Å². The van der Waals surface area contributed by atoms with Crippen LogP contribution in [0, 0.1) is 34.1 Å². The summed E-state index contributed by atoms with van der Waals surface area (Å²) in [6, 6.07) is 5.73. The van der Waals surface area contributed by atoms with Crippen molar-refractivity contribution in [2.24, 2.45) is 0 Å². The van der Waals surface area contributed by atoms with Crippen molar-refractivity contribution in [2.45, 2.75) is 18.7 Å². The lowest BCUT2D eigenvalue weighted by molar-refractivity contribution is -0.385. The van der Waals surface area contributed by atoms with Gasteiger partial charge in [-0.1, -0.05) is 6.07 Å². The number of pyridine rings is 1. The number of nitro benzene ring substituents is 1. The Morgan fingerprint density at radius 3 is 2.25 bits per heavy atom. The molecule has 0 bridgehead atoms. The zero-order valence-electron chi connectivity index (χ0n) is 12.6. The van der Waals surface area contributed by atoms with Crippen molar-refractivity contribution in [3.05, 3.63) is 61.8 Å². The number of aromatic nitrogens is 1. The van der Waals surface area contributed by atoms with E-state index in [1.165, 1.54) is 26.0 Å². The molecule has 1 N–H and O–H groups in total. The van der Waals surface area contributed by atoms with Crippen LogP contribution in [0.3, 0.4) is 0 Å². The SMILES string of the molecule is Cc1ccc([N+](=O)[O-])cc1S(=O)(=O)Nc1ccc([N+](=O)[O-])c(C)n1. The van der Waals surface area contributed by atoms with Crippen LogP contribution in [-0.2, 0) is 10.0 Å². The van der Waals surface area contributed by atoms with E-state index in [2.05, 4.69) is 9.71 Å². The number of anilines is 1. The molecule has 2 aromatic rings. The summed E-state index contributed by atoms with van der Waals surface area (Å²) in [5, 5.41) is 21.6. The maximum absolute atomic E-state index is 12.4. The first-order valence-corrected chi connectivity index (χ1v) is 8.00. The second-order valence-corrected chi connectivity index (χ2v) is 6.52. The molecule has 0 aliphatic rings. The average molecular weight is 352 g/mol. The average Bonchev–Trinajstić information content (AvgIpc) is 2.46. The molecule has 126 valence electrons. The highest BCUT2D eigenvalue weighted by Crippen LogP contribution is 2.24. The third kappa shape index (κ3) is 3.46. The Balaban J connectivity index is 2.42. The molecule has 0 fully saturated rings. The summed E-state index contributed by atoms with van der Waals surface area (Å²) in [6.07, 6.45) is 0. The van der Waals surface area contributed by atoms with Gasteiger partial charge in [0.1, 0.15) is 11.5 Å². The lowest BCUT2D eigenvalue weighted by atomic mass is 10.2. The molecule has 10 nitrogen and oxygen atoms in total. The lowest BCUT2D eigenvalue weighted by Crippen LogP contribution is -2.16. The summed E-state index contributed by atoms with van der Waals surface area (Å²) in [5.74, 6) is -0.121. The van der Waals surface area contributed by atoms with Crippen LogP contribution < -0.4 is 4.72 Å². The summed E-state index contributed by atoms with van der Waals surface area (Å²) < 4.78 is 27.0. The Hall–Kier alpha value is -3.08. The summed E-state index contributed by atoms with van der Waals surface area (Å²) in [7, 11) is -4.14. The second-order valence-electron chi connectivity index (χ2n) is 4.87. The molecule has 0 saturated carbocycles. The van der Waals surface area contributed by atoms with Gasteiger partial charge in [0.05, 0.1) is 14.7 Å². The van der Waals surface area contributed by atoms with E-state index in [-0.39, 0.29) is 27.8 Å². The van der Waals surface area contributed by atoms with Crippen molar-refractivity contribution < 1.29 is 18.3 Å². The topological polar surface area (TPSA) is 145 Å². The highest BCUT2D eigenvalue weighted by atomic mass is 32.2. The quantitative estimate of drug-likeness (QED) is 0.641. The molecule has 0 spiro atoms. The van der Waals surface area contributed by atoms with Crippen molar-refractivity contribution in [1.29, 1.82) is 0 Å². The van der Waals surface area contributed by atoms with Crippen LogP contribution in [0.1, 0.15) is 11.3 Å². The van der Waals surface area contributed by atoms with Gasteiger partial charge in [0.15, 0.2) is 0 Å². The maximum atomic E-state index is 12.4. The summed E-state index contributed by atoms with van der Waals surface area (Å²) in [6.45, 7) is 2.86. The summed E-state index contributed by atoms with van der Waals surface area (Å²) in [4.78, 5) is 23.8. The molecule has 1 heterocycles. The Kier molecular flexibility index (Phi) is 4.46. The van der Waals surface area contributed by atoms with Crippen molar-refractivity contribution in [3.8, 4) is 0 Å². The molecule has 24 heavy (non-hydrogen) atoms. The van der Waals surface area contributed by atoms with E-state index in [9.17, 15) is 28.6 Å². The highest BCUT2D eigenvalue weighted by molar-refractivity contribution is 7.92. The van der Waals surface area contributed by atoms with Gasteiger partial charge < -0.3 is 0 Å². The number of rotatable bonds is 5. The minimum absolute atomic E-state index is 0.0379. The van der Waals surface area contributed by atoms with Gasteiger partial charge in [0.25, 0.3) is 21.4 Å². The molecule has 0 radical (unpaired) electrons. The van der Waals surface area contributed by atoms with Crippen LogP contribution in [0.2, 0.25) is 0 Å². The normalized spacial score (nSPS) is 11.1. The van der Waals surface area contributed by atoms with Gasteiger partial charge in [-0.05, 0) is 25.5 Å². The van der Waals surface area contributed by atoms with E-state index in [4.69, 9.17) is 0 Å². The van der Waals surface area contributed by atoms with Crippen LogP contribution in [0.5, 0.6) is 0 Å². The van der Waals surface area contributed by atoms with Gasteiger partial charge in [0.2, 0.25) is 0 Å². The van der Waals surface area contributed by atoms with Crippen molar-refractivity contribution in [3.63, 3.8) is 0 Å². The van der Waals surface area contributed by atoms with Gasteiger partial charge in [-0.15, -0.1) is 0 Å². The fourth-order valence-electron chi connectivity index (χ4n) is 1.99. The number of nitrogens with one attached hydrogen (secondary N) is 1. The van der Waals surface area contributed by atoms with Crippen LogP contribution in [-0.4, -0.2) is 23.2 Å². The van der Waals surface area contributed by atoms with Gasteiger partial charge in [0, 0.05) is 18.2 Å². The summed E-state index contributed by atoms with van der Waals surface area (Å²) >= 11 is 0. The fraction of sp³-hybridized carbons (Fsp3) is 0.154. The Labute approximate surface area is 136 Å². The minimum Gasteiger partial charge on any atom is -0.263 e. The number of nitrogens with zero attached hydrogens (tertiary/aromatic N) is 3. The molecule has 1 aromatic carbocycles. The zero-order chi connectivity index (χ0) is 18.1. The van der Waals surface area contributed by atoms with Gasteiger partial charge in [-0.25, -0.2) is 13.4 Å². The van der Waals surface area contributed by atoms with Crippen molar-refractivity contribution in [2.75, 3.05) is 4.72 Å². The molecular weight excluding hydrogens is 340 g/mol. The van der Waals surface area contributed by atoms with Crippen LogP contribution >= 0.6 is 0 Å². The van der Waals surface area contributed by atoms with Crippen molar-refractivity contribution >= 4 is 27.2 Å². The van der Waals surface area contributed by atoms with Crippen LogP contribution in [0.4, 0.5) is 17.2 Å². The number of nitro groups is 2. The first-order valence-electron chi connectivity index (χ1n) is 6.52. The van der Waals surface area contributed by atoms with Crippen molar-refractivity contribution in [1.82, 2.24) is 4.98 Å². The number of sulfonamides is 1. The van der Waals surface area contributed by atoms with Gasteiger partial charge in [-0.2, -0.15) is 0 Å². The van der Waals surface area contributed by atoms with E-state index in [0.29, 0.717) is 5.56 Å². The Morgan fingerprint density at radius 1 is 1.04 bits per heavy atom. The molecule has 0 atom stereocenters. The Morgan fingerprint density at radius 2 is 1.71 bits per heavy atom. The predicted octanol–water partition coefficient (Wildman–Crippen LogP) is 2.32. The highest BCUT2D eigenvalue weighted by Gasteiger charge is 2.22. The van der Waals surface area contributed by atoms with E-state index in [1.807, 2.05) is 0 Å². The predicted molar refractivity (Wildman–Crippen MR) is 84.3 cm³/mol. The first kappa shape index (κ1) is 17.3. The molecule has 2 rings (SSSR count). The third-order valence-electron chi connectivity index (χ3n) is 3.17. The molecule has 0 amide bonds. The zero-order valence-corrected chi connectivity index (χ0v) is 13.4. The summed E-state index contributed by atoms with van der Waals surface area (Å²) in [5.41, 5.74) is -0.263. The number of benzene rings is 1. The monoisotopic (exact) mass is 352 g/mol. The van der Waals surface area contributed by atoms with E-state index < -0.39 is 19.9 Å². The smallest absolute Gasteiger partial charge is 0.263 e. The third-order valence-corrected chi connectivity index (χ3v) is 4.66.